The van der Waals surface area contributed by atoms with E-state index in [1.165, 1.54) is 6.07 Å². The van der Waals surface area contributed by atoms with Crippen LogP contribution < -0.4 is 10.6 Å². The van der Waals surface area contributed by atoms with Gasteiger partial charge in [-0.1, -0.05) is 12.1 Å². The average Bonchev–Trinajstić information content (AvgIpc) is 2.80. The van der Waals surface area contributed by atoms with Crippen LogP contribution in [0.15, 0.2) is 36.5 Å². The first-order valence-corrected chi connectivity index (χ1v) is 5.96. The third-order valence-electron chi connectivity index (χ3n) is 2.33. The van der Waals surface area contributed by atoms with E-state index in [1.807, 2.05) is 13.1 Å². The second-order valence-electron chi connectivity index (χ2n) is 3.62. The van der Waals surface area contributed by atoms with Crippen LogP contribution in [0.2, 0.25) is 0 Å². The van der Waals surface area contributed by atoms with Gasteiger partial charge in [-0.15, -0.1) is 0 Å². The Kier molecular flexibility index (Phi) is 3.88. The Balaban J connectivity index is 1.99. The molecule has 0 amide bonds. The molecule has 0 atom stereocenters. The number of rotatable bonds is 3. The molecule has 0 unspecified atom stereocenters. The van der Waals surface area contributed by atoms with E-state index in [2.05, 4.69) is 15.7 Å². The predicted octanol–water partition coefficient (Wildman–Crippen LogP) is 2.85. The largest absolute Gasteiger partial charge is 0.330 e. The highest BCUT2D eigenvalue weighted by Gasteiger charge is 2.04. The minimum atomic E-state index is -0.347. The lowest BCUT2D eigenvalue weighted by atomic mass is 10.3. The van der Waals surface area contributed by atoms with Crippen LogP contribution >= 0.6 is 12.2 Å². The van der Waals surface area contributed by atoms with Crippen molar-refractivity contribution in [1.82, 2.24) is 9.78 Å². The lowest BCUT2D eigenvalue weighted by molar-refractivity contribution is 0.632. The molecule has 2 rings (SSSR count). The zero-order valence-electron chi connectivity index (χ0n) is 9.85. The number of para-hydroxylation sites is 1. The molecule has 2 aromatic rings. The zero-order chi connectivity index (χ0) is 13.0. The van der Waals surface area contributed by atoms with Crippen LogP contribution in [0.3, 0.4) is 0 Å². The number of anilines is 2. The molecule has 0 aliphatic carbocycles. The summed E-state index contributed by atoms with van der Waals surface area (Å²) in [7, 11) is 0. The first-order valence-electron chi connectivity index (χ1n) is 5.55. The van der Waals surface area contributed by atoms with Crippen molar-refractivity contribution in [2.75, 3.05) is 10.6 Å². The molecule has 0 saturated carbocycles. The van der Waals surface area contributed by atoms with E-state index in [4.69, 9.17) is 12.2 Å². The van der Waals surface area contributed by atoms with Gasteiger partial charge in [0, 0.05) is 18.8 Å². The summed E-state index contributed by atoms with van der Waals surface area (Å²) < 4.78 is 15.1. The Bertz CT molecular complexity index is 553. The van der Waals surface area contributed by atoms with Gasteiger partial charge in [-0.2, -0.15) is 5.10 Å². The second-order valence-corrected chi connectivity index (χ2v) is 4.02. The number of nitrogens with zero attached hydrogens (tertiary/aromatic N) is 2. The van der Waals surface area contributed by atoms with Crippen molar-refractivity contribution in [2.45, 2.75) is 13.5 Å². The molecule has 94 valence electrons. The molecule has 6 heteroatoms. The van der Waals surface area contributed by atoms with Crippen LogP contribution in [0, 0.1) is 5.82 Å². The van der Waals surface area contributed by atoms with Crippen LogP contribution in [0.4, 0.5) is 15.9 Å². The fourth-order valence-electron chi connectivity index (χ4n) is 1.44. The fourth-order valence-corrected chi connectivity index (χ4v) is 1.65. The molecule has 1 heterocycles. The average molecular weight is 264 g/mol. The van der Waals surface area contributed by atoms with E-state index in [-0.39, 0.29) is 5.82 Å². The van der Waals surface area contributed by atoms with Crippen molar-refractivity contribution in [1.29, 1.82) is 0 Å². The summed E-state index contributed by atoms with van der Waals surface area (Å²) in [6.45, 7) is 2.78. The smallest absolute Gasteiger partial charge is 0.176 e. The van der Waals surface area contributed by atoms with E-state index in [1.54, 1.807) is 28.9 Å². The van der Waals surface area contributed by atoms with Gasteiger partial charge in [0.05, 0.1) is 5.69 Å². The van der Waals surface area contributed by atoms with E-state index in [9.17, 15) is 4.39 Å². The monoisotopic (exact) mass is 264 g/mol. The Morgan fingerprint density at radius 2 is 2.11 bits per heavy atom. The van der Waals surface area contributed by atoms with Gasteiger partial charge in [0.15, 0.2) is 10.9 Å². The molecular weight excluding hydrogens is 251 g/mol. The summed E-state index contributed by atoms with van der Waals surface area (Å²) in [5.74, 6) is 0.284. The van der Waals surface area contributed by atoms with Crippen molar-refractivity contribution in [2.24, 2.45) is 0 Å². The Morgan fingerprint density at radius 3 is 2.78 bits per heavy atom. The van der Waals surface area contributed by atoms with Crippen LogP contribution in [0.5, 0.6) is 0 Å². The van der Waals surface area contributed by atoms with E-state index in [0.29, 0.717) is 16.6 Å². The molecule has 1 aromatic heterocycles. The van der Waals surface area contributed by atoms with Gasteiger partial charge in [0.25, 0.3) is 0 Å². The minimum absolute atomic E-state index is 0.307. The van der Waals surface area contributed by atoms with Gasteiger partial charge in [0.2, 0.25) is 0 Å². The first-order chi connectivity index (χ1) is 8.69. The number of benzene rings is 1. The topological polar surface area (TPSA) is 41.9 Å². The highest BCUT2D eigenvalue weighted by molar-refractivity contribution is 7.80. The summed E-state index contributed by atoms with van der Waals surface area (Å²) in [5.41, 5.74) is 0.338. The standard InChI is InChI=1S/C12H13FN4S/c1-2-17-8-7-11(16-17)15-12(18)14-10-6-4-3-5-9(10)13/h3-8H,2H2,1H3,(H2,14,15,16,18). The molecule has 2 N–H and O–H groups in total. The number of thiocarbonyl (C=S) groups is 1. The lowest BCUT2D eigenvalue weighted by Crippen LogP contribution is -2.20. The Hall–Kier alpha value is -1.95. The molecule has 0 spiro atoms. The molecule has 0 aliphatic heterocycles. The van der Waals surface area contributed by atoms with Crippen LogP contribution in [-0.4, -0.2) is 14.9 Å². The molecule has 0 bridgehead atoms. The number of nitrogens with one attached hydrogen (secondary N) is 2. The molecular formula is C12H13FN4S. The van der Waals surface area contributed by atoms with Crippen molar-refractivity contribution in [3.05, 3.63) is 42.3 Å². The van der Waals surface area contributed by atoms with Gasteiger partial charge >= 0.3 is 0 Å². The highest BCUT2D eigenvalue weighted by atomic mass is 32.1. The Labute approximate surface area is 110 Å². The molecule has 0 fully saturated rings. The third kappa shape index (κ3) is 3.04. The number of aryl methyl sites for hydroxylation is 1. The van der Waals surface area contributed by atoms with Crippen molar-refractivity contribution in [3.8, 4) is 0 Å². The summed E-state index contributed by atoms with van der Waals surface area (Å²) in [6.07, 6.45) is 1.84. The summed E-state index contributed by atoms with van der Waals surface area (Å²) >= 11 is 5.09. The minimum Gasteiger partial charge on any atom is -0.330 e. The van der Waals surface area contributed by atoms with Crippen LogP contribution in [-0.2, 0) is 6.54 Å². The van der Waals surface area contributed by atoms with E-state index >= 15 is 0 Å². The number of hydrogen-bond donors (Lipinski definition) is 2. The quantitative estimate of drug-likeness (QED) is 0.837. The van der Waals surface area contributed by atoms with Crippen molar-refractivity contribution >= 4 is 28.8 Å². The van der Waals surface area contributed by atoms with Crippen molar-refractivity contribution in [3.63, 3.8) is 0 Å². The zero-order valence-corrected chi connectivity index (χ0v) is 10.7. The number of aromatic nitrogens is 2. The Morgan fingerprint density at radius 1 is 1.33 bits per heavy atom. The predicted molar refractivity (Wildman–Crippen MR) is 74.1 cm³/mol. The van der Waals surface area contributed by atoms with Crippen LogP contribution in [0.25, 0.3) is 0 Å². The van der Waals surface area contributed by atoms with Gasteiger partial charge in [-0.05, 0) is 31.3 Å². The fraction of sp³-hybridized carbons (Fsp3) is 0.167. The van der Waals surface area contributed by atoms with Gasteiger partial charge < -0.3 is 10.6 Å². The molecule has 0 radical (unpaired) electrons. The lowest BCUT2D eigenvalue weighted by Gasteiger charge is -2.09. The number of hydrogen-bond acceptors (Lipinski definition) is 2. The van der Waals surface area contributed by atoms with E-state index < -0.39 is 0 Å². The van der Waals surface area contributed by atoms with Gasteiger partial charge in [0.1, 0.15) is 5.82 Å². The molecule has 4 nitrogen and oxygen atoms in total. The number of halogens is 1. The summed E-state index contributed by atoms with van der Waals surface area (Å²) in [6, 6.07) is 8.16. The maximum Gasteiger partial charge on any atom is 0.176 e. The van der Waals surface area contributed by atoms with Crippen LogP contribution in [0.1, 0.15) is 6.92 Å². The molecule has 0 saturated heterocycles. The maximum atomic E-state index is 13.4. The molecule has 1 aromatic carbocycles. The van der Waals surface area contributed by atoms with Gasteiger partial charge in [-0.25, -0.2) is 4.39 Å². The maximum absolute atomic E-state index is 13.4. The summed E-state index contributed by atoms with van der Waals surface area (Å²) in [4.78, 5) is 0. The second kappa shape index (κ2) is 5.59. The molecule has 18 heavy (non-hydrogen) atoms. The first kappa shape index (κ1) is 12.5. The van der Waals surface area contributed by atoms with E-state index in [0.717, 1.165) is 6.54 Å². The molecule has 0 aliphatic rings. The summed E-state index contributed by atoms with van der Waals surface area (Å²) in [5, 5.41) is 10.2. The van der Waals surface area contributed by atoms with Crippen molar-refractivity contribution < 1.29 is 4.39 Å². The SMILES string of the molecule is CCn1ccc(NC(=S)Nc2ccccc2F)n1. The van der Waals surface area contributed by atoms with Gasteiger partial charge in [-0.3, -0.25) is 4.68 Å². The normalized spacial score (nSPS) is 10.1. The highest BCUT2D eigenvalue weighted by Crippen LogP contribution is 2.13. The third-order valence-corrected chi connectivity index (χ3v) is 2.53.